The van der Waals surface area contributed by atoms with Gasteiger partial charge in [-0.25, -0.2) is 0 Å². The molecule has 0 aromatic rings. The Morgan fingerprint density at radius 3 is 2.64 bits per heavy atom. The van der Waals surface area contributed by atoms with Gasteiger partial charge in [-0.2, -0.15) is 0 Å². The van der Waals surface area contributed by atoms with E-state index in [0.717, 1.165) is 29.0 Å². The Morgan fingerprint density at radius 2 is 2.14 bits per heavy atom. The number of allylic oxidation sites excluding steroid dienone is 4. The van der Waals surface area contributed by atoms with Crippen LogP contribution in [0.4, 0.5) is 0 Å². The highest BCUT2D eigenvalue weighted by Crippen LogP contribution is 2.30. The zero-order valence-electron chi connectivity index (χ0n) is 7.64. The number of carbonyl (C=O) groups is 1. The van der Waals surface area contributed by atoms with E-state index >= 15 is 0 Å². The smallest absolute Gasteiger partial charge is 0.249 e. The Balaban J connectivity index is 2.29. The fourth-order valence-corrected chi connectivity index (χ4v) is 1.75. The first kappa shape index (κ1) is 9.28. The van der Waals surface area contributed by atoms with Gasteiger partial charge in [0.05, 0.1) is 0 Å². The lowest BCUT2D eigenvalue weighted by molar-refractivity contribution is -0.115. The van der Waals surface area contributed by atoms with Gasteiger partial charge in [0, 0.05) is 22.4 Å². The van der Waals surface area contributed by atoms with Gasteiger partial charge in [0.1, 0.15) is 0 Å². The highest BCUT2D eigenvalue weighted by atomic mass is 35.5. The molecule has 0 bridgehead atoms. The Morgan fingerprint density at radius 1 is 1.36 bits per heavy atom. The first-order valence-electron chi connectivity index (χ1n) is 4.44. The normalized spacial score (nSPS) is 21.4. The van der Waals surface area contributed by atoms with E-state index in [2.05, 4.69) is 11.9 Å². The average molecular weight is 208 g/mol. The molecule has 0 fully saturated rings. The van der Waals surface area contributed by atoms with Crippen LogP contribution in [0, 0.1) is 0 Å². The zero-order valence-corrected chi connectivity index (χ0v) is 8.40. The molecule has 0 radical (unpaired) electrons. The number of hydrogen-bond acceptors (Lipinski definition) is 1. The summed E-state index contributed by atoms with van der Waals surface area (Å²) in [5.41, 5.74) is 2.72. The van der Waals surface area contributed by atoms with Crippen LogP contribution in [0.2, 0.25) is 0 Å². The summed E-state index contributed by atoms with van der Waals surface area (Å²) in [7, 11) is 0. The number of rotatable bonds is 1. The van der Waals surface area contributed by atoms with E-state index in [1.165, 1.54) is 0 Å². The highest BCUT2D eigenvalue weighted by molar-refractivity contribution is 6.29. The topological polar surface area (TPSA) is 29.1 Å². The van der Waals surface area contributed by atoms with Gasteiger partial charge >= 0.3 is 0 Å². The van der Waals surface area contributed by atoms with E-state index < -0.39 is 0 Å². The van der Waals surface area contributed by atoms with Crippen molar-refractivity contribution in [1.29, 1.82) is 0 Å². The van der Waals surface area contributed by atoms with Crippen LogP contribution in [0.1, 0.15) is 12.8 Å². The quantitative estimate of drug-likeness (QED) is 0.703. The van der Waals surface area contributed by atoms with Crippen LogP contribution in [0.5, 0.6) is 0 Å². The minimum Gasteiger partial charge on any atom is -0.322 e. The van der Waals surface area contributed by atoms with Crippen LogP contribution in [0.15, 0.2) is 46.7 Å². The summed E-state index contributed by atoms with van der Waals surface area (Å²) in [5, 5.41) is 3.51. The summed E-state index contributed by atoms with van der Waals surface area (Å²) >= 11 is 5.85. The standard InChI is InChI=1S/C11H10ClNO/c1-7-10(6-11(14)13-7)8-2-4-9(12)5-3-8/h2,4,6H,1,3,5H2,(H,13,14). The van der Waals surface area contributed by atoms with Gasteiger partial charge in [0.15, 0.2) is 0 Å². The van der Waals surface area contributed by atoms with Gasteiger partial charge in [0.25, 0.3) is 0 Å². The molecule has 0 unspecified atom stereocenters. The monoisotopic (exact) mass is 207 g/mol. The van der Waals surface area contributed by atoms with E-state index in [-0.39, 0.29) is 5.91 Å². The third-order valence-corrected chi connectivity index (χ3v) is 2.63. The highest BCUT2D eigenvalue weighted by Gasteiger charge is 2.19. The number of nitrogens with one attached hydrogen (secondary N) is 1. The van der Waals surface area contributed by atoms with Crippen molar-refractivity contribution < 1.29 is 4.79 Å². The lowest BCUT2D eigenvalue weighted by atomic mass is 9.96. The lowest BCUT2D eigenvalue weighted by Gasteiger charge is -2.12. The lowest BCUT2D eigenvalue weighted by Crippen LogP contribution is -2.12. The summed E-state index contributed by atoms with van der Waals surface area (Å²) < 4.78 is 0. The van der Waals surface area contributed by atoms with Crippen LogP contribution in [-0.2, 0) is 4.79 Å². The van der Waals surface area contributed by atoms with Crippen molar-refractivity contribution in [1.82, 2.24) is 5.32 Å². The zero-order chi connectivity index (χ0) is 10.1. The van der Waals surface area contributed by atoms with Crippen molar-refractivity contribution >= 4 is 17.5 Å². The van der Waals surface area contributed by atoms with Crippen molar-refractivity contribution in [2.24, 2.45) is 0 Å². The molecule has 0 spiro atoms. The fraction of sp³-hybridized carbons (Fsp3) is 0.182. The summed E-state index contributed by atoms with van der Waals surface area (Å²) in [6, 6.07) is 0. The second-order valence-corrected chi connectivity index (χ2v) is 3.82. The summed E-state index contributed by atoms with van der Waals surface area (Å²) in [4.78, 5) is 11.1. The maximum absolute atomic E-state index is 11.1. The number of amides is 1. The molecule has 1 aliphatic carbocycles. The van der Waals surface area contributed by atoms with Gasteiger partial charge in [-0.1, -0.05) is 24.3 Å². The Labute approximate surface area is 87.6 Å². The van der Waals surface area contributed by atoms with Crippen LogP contribution >= 0.6 is 11.6 Å². The summed E-state index contributed by atoms with van der Waals surface area (Å²) in [5.74, 6) is -0.0912. The first-order chi connectivity index (χ1) is 6.66. The van der Waals surface area contributed by atoms with Crippen LogP contribution in [0.3, 0.4) is 0 Å². The Bertz CT molecular complexity index is 402. The molecule has 1 amide bonds. The maximum atomic E-state index is 11.1. The number of halogens is 1. The minimum absolute atomic E-state index is 0.0912. The Hall–Kier alpha value is -1.28. The second kappa shape index (κ2) is 3.46. The van der Waals surface area contributed by atoms with E-state index in [0.29, 0.717) is 5.70 Å². The van der Waals surface area contributed by atoms with Crippen LogP contribution < -0.4 is 5.32 Å². The molecule has 0 aromatic heterocycles. The van der Waals surface area contributed by atoms with Crippen LogP contribution in [0.25, 0.3) is 0 Å². The molecule has 14 heavy (non-hydrogen) atoms. The fourth-order valence-electron chi connectivity index (χ4n) is 1.59. The molecular weight excluding hydrogens is 198 g/mol. The second-order valence-electron chi connectivity index (χ2n) is 3.33. The number of carbonyl (C=O) groups excluding carboxylic acids is 1. The molecular formula is C11H10ClNO. The summed E-state index contributed by atoms with van der Waals surface area (Å²) in [6.45, 7) is 3.79. The number of hydrogen-bond donors (Lipinski definition) is 1. The SMILES string of the molecule is C=C1NC(=O)C=C1C1=CC=C(Cl)CC1. The molecule has 3 heteroatoms. The van der Waals surface area contributed by atoms with Gasteiger partial charge in [-0.3, -0.25) is 4.79 Å². The van der Waals surface area contributed by atoms with Crippen molar-refractivity contribution in [2.45, 2.75) is 12.8 Å². The van der Waals surface area contributed by atoms with E-state index in [1.807, 2.05) is 12.2 Å². The van der Waals surface area contributed by atoms with Gasteiger partial charge < -0.3 is 5.32 Å². The van der Waals surface area contributed by atoms with Crippen LogP contribution in [-0.4, -0.2) is 5.91 Å². The van der Waals surface area contributed by atoms with Gasteiger partial charge in [0.2, 0.25) is 5.91 Å². The molecule has 2 rings (SSSR count). The molecule has 1 heterocycles. The van der Waals surface area contributed by atoms with Crippen molar-refractivity contribution in [3.63, 3.8) is 0 Å². The molecule has 0 saturated carbocycles. The molecule has 1 aliphatic heterocycles. The molecule has 0 aromatic carbocycles. The largest absolute Gasteiger partial charge is 0.322 e. The van der Waals surface area contributed by atoms with Crippen molar-refractivity contribution in [2.75, 3.05) is 0 Å². The predicted octanol–water partition coefficient (Wildman–Crippen LogP) is 2.40. The van der Waals surface area contributed by atoms with E-state index in [1.54, 1.807) is 6.08 Å². The Kier molecular flexibility index (Phi) is 2.30. The molecule has 0 saturated heterocycles. The van der Waals surface area contributed by atoms with Crippen molar-refractivity contribution in [3.8, 4) is 0 Å². The first-order valence-corrected chi connectivity index (χ1v) is 4.82. The summed E-state index contributed by atoms with van der Waals surface area (Å²) in [6.07, 6.45) is 7.11. The maximum Gasteiger partial charge on any atom is 0.249 e. The molecule has 72 valence electrons. The van der Waals surface area contributed by atoms with E-state index in [9.17, 15) is 4.79 Å². The van der Waals surface area contributed by atoms with Crippen molar-refractivity contribution in [3.05, 3.63) is 46.7 Å². The minimum atomic E-state index is -0.0912. The van der Waals surface area contributed by atoms with E-state index in [4.69, 9.17) is 11.6 Å². The molecule has 2 nitrogen and oxygen atoms in total. The molecule has 1 N–H and O–H groups in total. The van der Waals surface area contributed by atoms with Gasteiger partial charge in [-0.05, 0) is 24.5 Å². The average Bonchev–Trinajstić information content (AvgIpc) is 2.47. The van der Waals surface area contributed by atoms with Gasteiger partial charge in [-0.15, -0.1) is 0 Å². The molecule has 2 aliphatic rings. The molecule has 0 atom stereocenters. The third kappa shape index (κ3) is 1.66. The predicted molar refractivity (Wildman–Crippen MR) is 56.6 cm³/mol. The third-order valence-electron chi connectivity index (χ3n) is 2.32.